The number of nitriles is 1. The topological polar surface area (TPSA) is 61.2 Å². The zero-order valence-corrected chi connectivity index (χ0v) is 12.6. The van der Waals surface area contributed by atoms with Crippen molar-refractivity contribution < 1.29 is 8.42 Å². The quantitative estimate of drug-likeness (QED) is 0.857. The van der Waals surface area contributed by atoms with Gasteiger partial charge in [0.05, 0.1) is 10.5 Å². The second-order valence-corrected chi connectivity index (χ2v) is 7.41. The maximum Gasteiger partial charge on any atom is 0.244 e. The third kappa shape index (κ3) is 3.20. The monoisotopic (exact) mass is 292 g/mol. The van der Waals surface area contributed by atoms with Crippen molar-refractivity contribution in [2.24, 2.45) is 5.92 Å². The molecule has 1 fully saturated rings. The molecule has 0 saturated heterocycles. The summed E-state index contributed by atoms with van der Waals surface area (Å²) in [6, 6.07) is 8.34. The fourth-order valence-corrected chi connectivity index (χ4v) is 4.17. The molecular weight excluding hydrogens is 272 g/mol. The molecule has 0 radical (unpaired) electrons. The molecule has 0 aromatic heterocycles. The molecule has 1 aromatic carbocycles. The van der Waals surface area contributed by atoms with Crippen molar-refractivity contribution in [1.29, 1.82) is 5.26 Å². The lowest BCUT2D eigenvalue weighted by atomic mass is 9.89. The molecule has 20 heavy (non-hydrogen) atoms. The molecule has 108 valence electrons. The summed E-state index contributed by atoms with van der Waals surface area (Å²) in [7, 11) is -1.96. The predicted molar refractivity (Wildman–Crippen MR) is 77.5 cm³/mol. The largest absolute Gasteiger partial charge is 0.244 e. The van der Waals surface area contributed by atoms with Gasteiger partial charge in [-0.05, 0) is 30.9 Å². The van der Waals surface area contributed by atoms with Gasteiger partial charge in [0.25, 0.3) is 0 Å². The van der Waals surface area contributed by atoms with Crippen LogP contribution in [0.25, 0.3) is 0 Å². The summed E-state index contributed by atoms with van der Waals surface area (Å²) in [5, 5.41) is 9.05. The molecule has 0 bridgehead atoms. The van der Waals surface area contributed by atoms with Crippen LogP contribution in [0, 0.1) is 17.2 Å². The molecule has 1 aromatic rings. The summed E-state index contributed by atoms with van der Waals surface area (Å²) in [5.74, 6) is 0.442. The van der Waals surface area contributed by atoms with Gasteiger partial charge >= 0.3 is 0 Å². The minimum absolute atomic E-state index is 0.112. The Kier molecular flexibility index (Phi) is 4.79. The van der Waals surface area contributed by atoms with E-state index in [0.29, 0.717) is 12.5 Å². The summed E-state index contributed by atoms with van der Waals surface area (Å²) < 4.78 is 26.5. The average Bonchev–Trinajstić information content (AvgIpc) is 2.48. The minimum Gasteiger partial charge on any atom is -0.207 e. The van der Waals surface area contributed by atoms with Crippen LogP contribution in [0.4, 0.5) is 0 Å². The lowest BCUT2D eigenvalue weighted by Crippen LogP contribution is -2.33. The summed E-state index contributed by atoms with van der Waals surface area (Å²) in [6.45, 7) is 0.544. The fourth-order valence-electron chi connectivity index (χ4n) is 2.78. The van der Waals surface area contributed by atoms with Crippen LogP contribution in [0.5, 0.6) is 0 Å². The average molecular weight is 292 g/mol. The number of rotatable bonds is 4. The van der Waals surface area contributed by atoms with Crippen LogP contribution in [0.3, 0.4) is 0 Å². The number of benzene rings is 1. The van der Waals surface area contributed by atoms with Crippen LogP contribution in [-0.2, 0) is 10.0 Å². The molecule has 0 aliphatic heterocycles. The highest BCUT2D eigenvalue weighted by Gasteiger charge is 2.26. The van der Waals surface area contributed by atoms with Crippen LogP contribution in [0.2, 0.25) is 0 Å². The summed E-state index contributed by atoms with van der Waals surface area (Å²) in [4.78, 5) is 0.112. The maximum absolute atomic E-state index is 12.6. The summed E-state index contributed by atoms with van der Waals surface area (Å²) >= 11 is 0. The van der Waals surface area contributed by atoms with Crippen LogP contribution in [-0.4, -0.2) is 26.3 Å². The van der Waals surface area contributed by atoms with E-state index >= 15 is 0 Å². The van der Waals surface area contributed by atoms with E-state index in [-0.39, 0.29) is 10.5 Å². The van der Waals surface area contributed by atoms with Gasteiger partial charge < -0.3 is 0 Å². The van der Waals surface area contributed by atoms with Crippen LogP contribution >= 0.6 is 0 Å². The molecule has 0 spiro atoms. The van der Waals surface area contributed by atoms with Gasteiger partial charge in [0.2, 0.25) is 10.0 Å². The fraction of sp³-hybridized carbons (Fsp3) is 0.533. The molecule has 4 nitrogen and oxygen atoms in total. The van der Waals surface area contributed by atoms with Crippen LogP contribution < -0.4 is 0 Å². The van der Waals surface area contributed by atoms with E-state index in [0.717, 1.165) is 12.8 Å². The van der Waals surface area contributed by atoms with E-state index in [1.165, 1.54) is 29.6 Å². The molecule has 1 aliphatic rings. The van der Waals surface area contributed by atoms with Gasteiger partial charge in [0, 0.05) is 13.6 Å². The van der Waals surface area contributed by atoms with E-state index in [9.17, 15) is 8.42 Å². The van der Waals surface area contributed by atoms with Gasteiger partial charge in [-0.1, -0.05) is 31.4 Å². The highest BCUT2D eigenvalue weighted by molar-refractivity contribution is 7.89. The number of hydrogen-bond acceptors (Lipinski definition) is 3. The van der Waals surface area contributed by atoms with E-state index in [2.05, 4.69) is 0 Å². The van der Waals surface area contributed by atoms with Gasteiger partial charge in [-0.25, -0.2) is 12.7 Å². The second kappa shape index (κ2) is 6.38. The molecule has 0 N–H and O–H groups in total. The Balaban J connectivity index is 2.19. The Labute approximate surface area is 121 Å². The SMILES string of the molecule is CN(CC1CCCCC1)S(=O)(=O)c1ccccc1C#N. The normalized spacial score (nSPS) is 17.1. The number of hydrogen-bond donors (Lipinski definition) is 0. The minimum atomic E-state index is -3.57. The van der Waals surface area contributed by atoms with Crippen LogP contribution in [0.1, 0.15) is 37.7 Å². The first kappa shape index (κ1) is 15.0. The molecule has 1 aliphatic carbocycles. The zero-order chi connectivity index (χ0) is 14.6. The zero-order valence-electron chi connectivity index (χ0n) is 11.7. The Hall–Kier alpha value is -1.38. The van der Waals surface area contributed by atoms with E-state index in [4.69, 9.17) is 5.26 Å². The molecule has 0 heterocycles. The molecule has 0 unspecified atom stereocenters. The second-order valence-electron chi connectivity index (χ2n) is 5.40. The molecular formula is C15H20N2O2S. The Morgan fingerprint density at radius 2 is 1.90 bits per heavy atom. The van der Waals surface area contributed by atoms with Gasteiger partial charge in [-0.2, -0.15) is 5.26 Å². The molecule has 1 saturated carbocycles. The molecule has 0 atom stereocenters. The van der Waals surface area contributed by atoms with Crippen LogP contribution in [0.15, 0.2) is 29.2 Å². The van der Waals surface area contributed by atoms with Crippen molar-refractivity contribution in [1.82, 2.24) is 4.31 Å². The van der Waals surface area contributed by atoms with Crippen molar-refractivity contribution in [3.63, 3.8) is 0 Å². The Morgan fingerprint density at radius 1 is 1.25 bits per heavy atom. The first-order valence-corrected chi connectivity index (χ1v) is 8.45. The van der Waals surface area contributed by atoms with E-state index in [1.807, 2.05) is 6.07 Å². The Bertz CT molecular complexity index is 599. The predicted octanol–water partition coefficient (Wildman–Crippen LogP) is 2.76. The van der Waals surface area contributed by atoms with Crippen molar-refractivity contribution in [3.8, 4) is 6.07 Å². The maximum atomic E-state index is 12.6. The summed E-state index contributed by atoms with van der Waals surface area (Å²) in [6.07, 6.45) is 5.82. The van der Waals surface area contributed by atoms with Gasteiger partial charge in [0.15, 0.2) is 0 Å². The first-order valence-electron chi connectivity index (χ1n) is 7.01. The molecule has 2 rings (SSSR count). The van der Waals surface area contributed by atoms with Crippen molar-refractivity contribution >= 4 is 10.0 Å². The standard InChI is InChI=1S/C15H20N2O2S/c1-17(12-13-7-3-2-4-8-13)20(18,19)15-10-6-5-9-14(15)11-16/h5-6,9-10,13H,2-4,7-8,12H2,1H3. The Morgan fingerprint density at radius 3 is 2.55 bits per heavy atom. The number of sulfonamides is 1. The lowest BCUT2D eigenvalue weighted by molar-refractivity contribution is 0.300. The number of nitrogens with zero attached hydrogens (tertiary/aromatic N) is 2. The smallest absolute Gasteiger partial charge is 0.207 e. The summed E-state index contributed by atoms with van der Waals surface area (Å²) in [5.41, 5.74) is 0.211. The van der Waals surface area contributed by atoms with Gasteiger partial charge in [-0.3, -0.25) is 0 Å². The van der Waals surface area contributed by atoms with Gasteiger partial charge in [-0.15, -0.1) is 0 Å². The van der Waals surface area contributed by atoms with Crippen molar-refractivity contribution in [3.05, 3.63) is 29.8 Å². The third-order valence-electron chi connectivity index (χ3n) is 3.94. The lowest BCUT2D eigenvalue weighted by Gasteiger charge is -2.26. The van der Waals surface area contributed by atoms with E-state index in [1.54, 1.807) is 25.2 Å². The van der Waals surface area contributed by atoms with E-state index < -0.39 is 10.0 Å². The third-order valence-corrected chi connectivity index (χ3v) is 5.82. The van der Waals surface area contributed by atoms with Crippen molar-refractivity contribution in [2.45, 2.75) is 37.0 Å². The van der Waals surface area contributed by atoms with Gasteiger partial charge in [0.1, 0.15) is 6.07 Å². The first-order chi connectivity index (χ1) is 9.55. The highest BCUT2D eigenvalue weighted by atomic mass is 32.2. The van der Waals surface area contributed by atoms with Crippen molar-refractivity contribution in [2.75, 3.05) is 13.6 Å². The molecule has 5 heteroatoms. The highest BCUT2D eigenvalue weighted by Crippen LogP contribution is 2.26. The molecule has 0 amide bonds.